The maximum Gasteiger partial charge on any atom is 0.236 e. The minimum atomic E-state index is -0.167. The van der Waals surface area contributed by atoms with E-state index in [0.717, 1.165) is 35.9 Å². The fraction of sp³-hybridized carbons (Fsp3) is 0.571. The fourth-order valence-corrected chi connectivity index (χ4v) is 4.79. The molecule has 3 rings (SSSR count). The number of thioether (sulfide) groups is 1. The molecule has 1 heterocycles. The maximum absolute atomic E-state index is 13.1. The lowest BCUT2D eigenvalue weighted by atomic mass is 9.94. The van der Waals surface area contributed by atoms with E-state index in [1.807, 2.05) is 30.7 Å². The van der Waals surface area contributed by atoms with Crippen LogP contribution in [0.4, 0.5) is 0 Å². The Morgan fingerprint density at radius 2 is 1.96 bits per heavy atom. The average molecular weight is 387 g/mol. The Kier molecular flexibility index (Phi) is 6.58. The highest BCUT2D eigenvalue weighted by atomic mass is 32.2. The van der Waals surface area contributed by atoms with E-state index in [-0.39, 0.29) is 11.2 Å². The summed E-state index contributed by atoms with van der Waals surface area (Å²) < 4.78 is 1.99. The van der Waals surface area contributed by atoms with Crippen molar-refractivity contribution < 1.29 is 4.79 Å². The van der Waals surface area contributed by atoms with Gasteiger partial charge in [-0.15, -0.1) is 10.2 Å². The monoisotopic (exact) mass is 386 g/mol. The Morgan fingerprint density at radius 1 is 1.26 bits per heavy atom. The van der Waals surface area contributed by atoms with Crippen molar-refractivity contribution in [3.8, 4) is 11.4 Å². The number of carbonyl (C=O) groups excluding carboxylic acids is 1. The summed E-state index contributed by atoms with van der Waals surface area (Å²) in [5, 5.41) is 9.36. The van der Waals surface area contributed by atoms with Gasteiger partial charge in [0, 0.05) is 25.2 Å². The van der Waals surface area contributed by atoms with E-state index in [1.54, 1.807) is 0 Å². The lowest BCUT2D eigenvalue weighted by molar-refractivity contribution is -0.133. The molecule has 6 heteroatoms. The number of nitrogens with zero attached hydrogens (tertiary/aromatic N) is 4. The van der Waals surface area contributed by atoms with Gasteiger partial charge in [-0.1, -0.05) is 55.3 Å². The van der Waals surface area contributed by atoms with Crippen LogP contribution in [0.5, 0.6) is 0 Å². The summed E-state index contributed by atoms with van der Waals surface area (Å²) in [5.41, 5.74) is 2.25. The Bertz CT molecular complexity index is 782. The van der Waals surface area contributed by atoms with E-state index in [0.29, 0.717) is 6.04 Å². The van der Waals surface area contributed by atoms with Crippen LogP contribution in [0.2, 0.25) is 0 Å². The highest BCUT2D eigenvalue weighted by Crippen LogP contribution is 2.29. The largest absolute Gasteiger partial charge is 0.339 e. The molecule has 2 aromatic rings. The topological polar surface area (TPSA) is 51.0 Å². The quantitative estimate of drug-likeness (QED) is 0.688. The number of amides is 1. The van der Waals surface area contributed by atoms with Gasteiger partial charge in [0.2, 0.25) is 5.91 Å². The predicted molar refractivity (Wildman–Crippen MR) is 111 cm³/mol. The lowest BCUT2D eigenvalue weighted by Crippen LogP contribution is -2.44. The van der Waals surface area contributed by atoms with Crippen LogP contribution in [0.15, 0.2) is 29.4 Å². The zero-order chi connectivity index (χ0) is 19.4. The van der Waals surface area contributed by atoms with Crippen molar-refractivity contribution in [1.29, 1.82) is 0 Å². The molecule has 1 aromatic carbocycles. The zero-order valence-corrected chi connectivity index (χ0v) is 17.6. The van der Waals surface area contributed by atoms with Crippen LogP contribution in [0.3, 0.4) is 0 Å². The maximum atomic E-state index is 13.1. The minimum absolute atomic E-state index is 0.167. The molecule has 0 unspecified atom stereocenters. The van der Waals surface area contributed by atoms with Gasteiger partial charge in [-0.25, -0.2) is 0 Å². The molecule has 146 valence electrons. The third kappa shape index (κ3) is 4.37. The van der Waals surface area contributed by atoms with Crippen molar-refractivity contribution in [1.82, 2.24) is 19.7 Å². The van der Waals surface area contributed by atoms with E-state index >= 15 is 0 Å². The molecule has 0 spiro atoms. The van der Waals surface area contributed by atoms with E-state index in [1.165, 1.54) is 36.6 Å². The summed E-state index contributed by atoms with van der Waals surface area (Å²) in [6, 6.07) is 8.58. The molecule has 1 saturated carbocycles. The number of hydrogen-bond acceptors (Lipinski definition) is 4. The van der Waals surface area contributed by atoms with Crippen LogP contribution in [0.1, 0.15) is 51.5 Å². The Balaban J connectivity index is 1.73. The Hall–Kier alpha value is -1.82. The van der Waals surface area contributed by atoms with Crippen molar-refractivity contribution in [3.63, 3.8) is 0 Å². The summed E-state index contributed by atoms with van der Waals surface area (Å²) in [4.78, 5) is 15.1. The molecule has 1 fully saturated rings. The van der Waals surface area contributed by atoms with Gasteiger partial charge in [0.1, 0.15) is 0 Å². The standard InChI is InChI=1S/C21H30N4OS/c1-5-25(17-12-7-6-8-13-17)20(26)16(3)27-21-23-22-19(24(21)4)18-14-10-9-11-15(18)2/h9-11,14,16-17H,5-8,12-13H2,1-4H3/t16-/m1/s1. The molecule has 0 saturated heterocycles. The van der Waals surface area contributed by atoms with Crippen molar-refractivity contribution in [2.45, 2.75) is 69.3 Å². The molecule has 5 nitrogen and oxygen atoms in total. The van der Waals surface area contributed by atoms with E-state index in [4.69, 9.17) is 0 Å². The van der Waals surface area contributed by atoms with Gasteiger partial charge in [-0.05, 0) is 39.2 Å². The van der Waals surface area contributed by atoms with Crippen molar-refractivity contribution >= 4 is 17.7 Å². The molecule has 1 atom stereocenters. The molecule has 0 radical (unpaired) electrons. The zero-order valence-electron chi connectivity index (χ0n) is 16.8. The molecular formula is C21H30N4OS. The highest BCUT2D eigenvalue weighted by Gasteiger charge is 2.29. The van der Waals surface area contributed by atoms with Crippen LogP contribution in [-0.4, -0.2) is 43.4 Å². The number of rotatable bonds is 6. The predicted octanol–water partition coefficient (Wildman–Crippen LogP) is 4.45. The van der Waals surface area contributed by atoms with Gasteiger partial charge >= 0.3 is 0 Å². The molecular weight excluding hydrogens is 356 g/mol. The first kappa shape index (κ1) is 19.9. The fourth-order valence-electron chi connectivity index (χ4n) is 3.90. The molecule has 0 bridgehead atoms. The molecule has 0 aliphatic heterocycles. The number of hydrogen-bond donors (Lipinski definition) is 0. The van der Waals surface area contributed by atoms with Gasteiger partial charge in [0.25, 0.3) is 0 Å². The number of aromatic nitrogens is 3. The van der Waals surface area contributed by atoms with Crippen LogP contribution in [-0.2, 0) is 11.8 Å². The molecule has 1 amide bonds. The number of carbonyl (C=O) groups is 1. The molecule has 27 heavy (non-hydrogen) atoms. The summed E-state index contributed by atoms with van der Waals surface area (Å²) in [6.45, 7) is 6.93. The Morgan fingerprint density at radius 3 is 2.63 bits per heavy atom. The summed E-state index contributed by atoms with van der Waals surface area (Å²) in [7, 11) is 1.97. The first-order chi connectivity index (χ1) is 13.0. The van der Waals surface area contributed by atoms with Gasteiger partial charge in [0.15, 0.2) is 11.0 Å². The van der Waals surface area contributed by atoms with E-state index in [2.05, 4.69) is 41.1 Å². The highest BCUT2D eigenvalue weighted by molar-refractivity contribution is 8.00. The van der Waals surface area contributed by atoms with Crippen molar-refractivity contribution in [2.24, 2.45) is 7.05 Å². The van der Waals surface area contributed by atoms with Crippen LogP contribution in [0, 0.1) is 6.92 Å². The third-order valence-electron chi connectivity index (χ3n) is 5.49. The third-order valence-corrected chi connectivity index (χ3v) is 6.61. The number of benzene rings is 1. The van der Waals surface area contributed by atoms with Crippen LogP contribution >= 0.6 is 11.8 Å². The van der Waals surface area contributed by atoms with Gasteiger partial charge in [0.05, 0.1) is 5.25 Å². The minimum Gasteiger partial charge on any atom is -0.339 e. The smallest absolute Gasteiger partial charge is 0.236 e. The van der Waals surface area contributed by atoms with Crippen LogP contribution in [0.25, 0.3) is 11.4 Å². The second kappa shape index (κ2) is 8.91. The summed E-state index contributed by atoms with van der Waals surface area (Å²) in [6.07, 6.45) is 6.04. The molecule has 1 aromatic heterocycles. The molecule has 1 aliphatic carbocycles. The normalized spacial score (nSPS) is 16.3. The average Bonchev–Trinajstić information content (AvgIpc) is 3.04. The van der Waals surface area contributed by atoms with E-state index < -0.39 is 0 Å². The van der Waals surface area contributed by atoms with E-state index in [9.17, 15) is 4.79 Å². The molecule has 1 aliphatic rings. The van der Waals surface area contributed by atoms with Gasteiger partial charge in [-0.2, -0.15) is 0 Å². The molecule has 0 N–H and O–H groups in total. The lowest BCUT2D eigenvalue weighted by Gasteiger charge is -2.35. The van der Waals surface area contributed by atoms with Crippen LogP contribution < -0.4 is 0 Å². The second-order valence-corrected chi connectivity index (χ2v) is 8.66. The van der Waals surface area contributed by atoms with Crippen molar-refractivity contribution in [3.05, 3.63) is 29.8 Å². The van der Waals surface area contributed by atoms with Gasteiger partial charge < -0.3 is 9.47 Å². The Labute approximate surface area is 166 Å². The SMILES string of the molecule is CCN(C(=O)[C@@H](C)Sc1nnc(-c2ccccc2C)n1C)C1CCCCC1. The first-order valence-corrected chi connectivity index (χ1v) is 10.8. The summed E-state index contributed by atoms with van der Waals surface area (Å²) >= 11 is 1.51. The van der Waals surface area contributed by atoms with Crippen molar-refractivity contribution in [2.75, 3.05) is 6.54 Å². The second-order valence-electron chi connectivity index (χ2n) is 7.36. The first-order valence-electron chi connectivity index (χ1n) is 9.95. The number of aryl methyl sites for hydroxylation is 1. The van der Waals surface area contributed by atoms with Gasteiger partial charge in [-0.3, -0.25) is 4.79 Å². The summed E-state index contributed by atoms with van der Waals surface area (Å²) in [5.74, 6) is 1.06.